The van der Waals surface area contributed by atoms with E-state index in [4.69, 9.17) is 6.42 Å². The number of rotatable bonds is 3. The fraction of sp³-hybridized carbons (Fsp3) is 0.857. The van der Waals surface area contributed by atoms with Crippen LogP contribution in [-0.2, 0) is 0 Å². The second-order valence-electron chi connectivity index (χ2n) is 5.31. The van der Waals surface area contributed by atoms with Crippen molar-refractivity contribution in [2.45, 2.75) is 57.7 Å². The zero-order chi connectivity index (χ0) is 11.5. The molecule has 0 amide bonds. The first-order chi connectivity index (χ1) is 7.76. The third kappa shape index (κ3) is 2.26. The van der Waals surface area contributed by atoms with E-state index in [-0.39, 0.29) is 0 Å². The Kier molecular flexibility index (Phi) is 3.89. The fourth-order valence-electron chi connectivity index (χ4n) is 3.30. The van der Waals surface area contributed by atoms with Crippen molar-refractivity contribution >= 4 is 0 Å². The second kappa shape index (κ2) is 5.21. The van der Waals surface area contributed by atoms with Crippen molar-refractivity contribution in [2.24, 2.45) is 0 Å². The third-order valence-corrected chi connectivity index (χ3v) is 4.29. The van der Waals surface area contributed by atoms with Gasteiger partial charge in [-0.05, 0) is 32.7 Å². The summed E-state index contributed by atoms with van der Waals surface area (Å²) in [7, 11) is 0. The topological polar surface area (TPSA) is 6.48 Å². The maximum absolute atomic E-state index is 5.44. The highest BCUT2D eigenvalue weighted by atomic mass is 15.3. The maximum Gasteiger partial charge on any atom is 0.0240 e. The Bertz CT molecular complexity index is 268. The normalized spacial score (nSPS) is 33.3. The highest BCUT2D eigenvalue weighted by molar-refractivity contribution is 4.96. The minimum Gasteiger partial charge on any atom is -0.298 e. The van der Waals surface area contributed by atoms with E-state index in [1.165, 1.54) is 38.9 Å². The molecular formula is C14H24N2. The van der Waals surface area contributed by atoms with Crippen LogP contribution in [0.4, 0.5) is 0 Å². The molecule has 0 aromatic rings. The summed E-state index contributed by atoms with van der Waals surface area (Å²) in [5, 5.41) is 0. The first-order valence-corrected chi connectivity index (χ1v) is 6.69. The van der Waals surface area contributed by atoms with E-state index in [9.17, 15) is 0 Å². The number of terminal acetylenes is 1. The summed E-state index contributed by atoms with van der Waals surface area (Å²) >= 11 is 0. The van der Waals surface area contributed by atoms with Crippen LogP contribution in [0.25, 0.3) is 0 Å². The smallest absolute Gasteiger partial charge is 0.0240 e. The van der Waals surface area contributed by atoms with Gasteiger partial charge in [0.05, 0.1) is 0 Å². The van der Waals surface area contributed by atoms with Gasteiger partial charge in [0, 0.05) is 37.6 Å². The summed E-state index contributed by atoms with van der Waals surface area (Å²) in [5.41, 5.74) is 0. The molecule has 2 nitrogen and oxygen atoms in total. The van der Waals surface area contributed by atoms with Crippen LogP contribution in [0.15, 0.2) is 0 Å². The molecule has 2 heterocycles. The Morgan fingerprint density at radius 2 is 2.25 bits per heavy atom. The summed E-state index contributed by atoms with van der Waals surface area (Å²) in [6.45, 7) is 8.40. The number of hydrogen-bond donors (Lipinski definition) is 0. The van der Waals surface area contributed by atoms with Gasteiger partial charge in [-0.3, -0.25) is 9.80 Å². The third-order valence-electron chi connectivity index (χ3n) is 4.29. The van der Waals surface area contributed by atoms with Crippen molar-refractivity contribution in [2.75, 3.05) is 19.6 Å². The van der Waals surface area contributed by atoms with Crippen LogP contribution >= 0.6 is 0 Å². The first-order valence-electron chi connectivity index (χ1n) is 6.69. The lowest BCUT2D eigenvalue weighted by Crippen LogP contribution is -2.58. The molecule has 2 aliphatic rings. The van der Waals surface area contributed by atoms with Crippen molar-refractivity contribution < 1.29 is 0 Å². The second-order valence-corrected chi connectivity index (χ2v) is 5.31. The van der Waals surface area contributed by atoms with Crippen molar-refractivity contribution in [1.82, 2.24) is 9.80 Å². The lowest BCUT2D eigenvalue weighted by atomic mass is 10.0. The number of piperazine rings is 1. The molecular weight excluding hydrogens is 196 g/mol. The largest absolute Gasteiger partial charge is 0.298 e. The Labute approximate surface area is 100.0 Å². The zero-order valence-electron chi connectivity index (χ0n) is 10.7. The van der Waals surface area contributed by atoms with Crippen LogP contribution < -0.4 is 0 Å². The molecule has 0 radical (unpaired) electrons. The SMILES string of the molecule is C#CCC(C)N1CC2CCCN2CC1CC. The Hall–Kier alpha value is -0.520. The quantitative estimate of drug-likeness (QED) is 0.671. The molecule has 3 unspecified atom stereocenters. The molecule has 2 rings (SSSR count). The summed E-state index contributed by atoms with van der Waals surface area (Å²) in [6, 6.07) is 2.08. The van der Waals surface area contributed by atoms with E-state index in [0.717, 1.165) is 18.5 Å². The van der Waals surface area contributed by atoms with E-state index < -0.39 is 0 Å². The summed E-state index contributed by atoms with van der Waals surface area (Å²) in [5.74, 6) is 2.81. The molecule has 0 spiro atoms. The van der Waals surface area contributed by atoms with E-state index in [1.807, 2.05) is 0 Å². The van der Waals surface area contributed by atoms with Gasteiger partial charge in [-0.15, -0.1) is 12.3 Å². The molecule has 0 bridgehead atoms. The molecule has 0 saturated carbocycles. The van der Waals surface area contributed by atoms with Crippen LogP contribution in [0.3, 0.4) is 0 Å². The average Bonchev–Trinajstić information content (AvgIpc) is 2.74. The predicted octanol–water partition coefficient (Wildman–Crippen LogP) is 1.96. The summed E-state index contributed by atoms with van der Waals surface area (Å²) in [6.07, 6.45) is 10.4. The van der Waals surface area contributed by atoms with Crippen molar-refractivity contribution in [3.05, 3.63) is 0 Å². The monoisotopic (exact) mass is 220 g/mol. The van der Waals surface area contributed by atoms with E-state index in [2.05, 4.69) is 29.6 Å². The molecule has 90 valence electrons. The standard InChI is InChI=1S/C14H24N2/c1-4-7-12(3)16-11-14-8-6-9-15(14)10-13(16)5-2/h1,12-14H,5-11H2,2-3H3. The highest BCUT2D eigenvalue weighted by Gasteiger charge is 2.36. The molecule has 2 saturated heterocycles. The average molecular weight is 220 g/mol. The van der Waals surface area contributed by atoms with Gasteiger partial charge in [0.15, 0.2) is 0 Å². The molecule has 2 fully saturated rings. The predicted molar refractivity (Wildman–Crippen MR) is 68.3 cm³/mol. The van der Waals surface area contributed by atoms with Gasteiger partial charge in [-0.1, -0.05) is 6.92 Å². The Balaban J connectivity index is 2.02. The van der Waals surface area contributed by atoms with Crippen LogP contribution in [0.2, 0.25) is 0 Å². The van der Waals surface area contributed by atoms with Crippen LogP contribution in [0.1, 0.15) is 39.5 Å². The molecule has 2 aliphatic heterocycles. The van der Waals surface area contributed by atoms with Crippen LogP contribution in [0, 0.1) is 12.3 Å². The van der Waals surface area contributed by atoms with Gasteiger partial charge in [0.1, 0.15) is 0 Å². The zero-order valence-corrected chi connectivity index (χ0v) is 10.7. The number of nitrogens with zero attached hydrogens (tertiary/aromatic N) is 2. The number of fused-ring (bicyclic) bond motifs is 1. The van der Waals surface area contributed by atoms with Gasteiger partial charge in [0.2, 0.25) is 0 Å². The van der Waals surface area contributed by atoms with Crippen molar-refractivity contribution in [3.63, 3.8) is 0 Å². The maximum atomic E-state index is 5.44. The number of hydrogen-bond acceptors (Lipinski definition) is 2. The van der Waals surface area contributed by atoms with Crippen molar-refractivity contribution in [1.29, 1.82) is 0 Å². The molecule has 0 aromatic carbocycles. The summed E-state index contributed by atoms with van der Waals surface area (Å²) in [4.78, 5) is 5.35. The molecule has 2 heteroatoms. The molecule has 0 aromatic heterocycles. The van der Waals surface area contributed by atoms with Gasteiger partial charge in [0.25, 0.3) is 0 Å². The Morgan fingerprint density at radius 1 is 1.44 bits per heavy atom. The Morgan fingerprint density at radius 3 is 2.94 bits per heavy atom. The highest BCUT2D eigenvalue weighted by Crippen LogP contribution is 2.27. The van der Waals surface area contributed by atoms with Gasteiger partial charge in [-0.2, -0.15) is 0 Å². The summed E-state index contributed by atoms with van der Waals surface area (Å²) < 4.78 is 0. The first kappa shape index (κ1) is 12.0. The van der Waals surface area contributed by atoms with Crippen LogP contribution in [0.5, 0.6) is 0 Å². The van der Waals surface area contributed by atoms with Crippen LogP contribution in [-0.4, -0.2) is 47.6 Å². The van der Waals surface area contributed by atoms with Gasteiger partial charge >= 0.3 is 0 Å². The minimum absolute atomic E-state index is 0.553. The molecule has 0 aliphatic carbocycles. The minimum atomic E-state index is 0.553. The van der Waals surface area contributed by atoms with Gasteiger partial charge < -0.3 is 0 Å². The van der Waals surface area contributed by atoms with E-state index in [0.29, 0.717) is 6.04 Å². The van der Waals surface area contributed by atoms with E-state index >= 15 is 0 Å². The molecule has 16 heavy (non-hydrogen) atoms. The lowest BCUT2D eigenvalue weighted by molar-refractivity contribution is 0.0247. The lowest BCUT2D eigenvalue weighted by Gasteiger charge is -2.46. The molecule has 3 atom stereocenters. The fourth-order valence-corrected chi connectivity index (χ4v) is 3.30. The molecule has 0 N–H and O–H groups in total. The van der Waals surface area contributed by atoms with Crippen molar-refractivity contribution in [3.8, 4) is 12.3 Å². The van der Waals surface area contributed by atoms with E-state index in [1.54, 1.807) is 0 Å². The van der Waals surface area contributed by atoms with Gasteiger partial charge in [-0.25, -0.2) is 0 Å².